The average Bonchev–Trinajstić information content (AvgIpc) is 2.03. The monoisotopic (exact) mass is 1790 g/mol. The molecule has 0 aliphatic heterocycles. The first-order valence-electron chi connectivity index (χ1n) is 3.92. The van der Waals surface area contributed by atoms with E-state index in [1.165, 1.54) is 0 Å². The quantitative estimate of drug-likeness (QED) is 0.302. The first-order valence-corrected chi connectivity index (χ1v) is 14.9. The first kappa shape index (κ1) is 56.3. The van der Waals surface area contributed by atoms with Crippen molar-refractivity contribution in [2.75, 3.05) is 0 Å². The zero-order chi connectivity index (χ0) is 10.1. The average molecular weight is 1790 g/mol. The van der Waals surface area contributed by atoms with Gasteiger partial charge in [-0.1, -0.05) is 27.7 Å². The first-order chi connectivity index (χ1) is 5.54. The third-order valence-electron chi connectivity index (χ3n) is 1.25. The van der Waals surface area contributed by atoms with Crippen molar-refractivity contribution in [3.8, 4) is 0 Å². The van der Waals surface area contributed by atoms with E-state index in [0.29, 0.717) is 11.8 Å². The molecule has 0 aromatic heterocycles. The van der Waals surface area contributed by atoms with Crippen molar-refractivity contribution in [3.05, 3.63) is 24.3 Å². The second kappa shape index (κ2) is 43.8. The molecule has 0 nitrogen and oxygen atoms in total. The molecular weight excluding hydrogens is 1770 g/mol. The van der Waals surface area contributed by atoms with E-state index in [9.17, 15) is 0 Å². The van der Waals surface area contributed by atoms with Crippen LogP contribution in [-0.2, 0) is 180 Å². The van der Waals surface area contributed by atoms with Crippen LogP contribution in [-0.4, -0.2) is 0 Å². The van der Waals surface area contributed by atoms with Gasteiger partial charge in [0, 0.05) is 147 Å². The van der Waals surface area contributed by atoms with Crippen molar-refractivity contribution in [2.45, 2.75) is 27.7 Å². The predicted octanol–water partition coefficient (Wildman–Crippen LogP) is 2.99. The van der Waals surface area contributed by atoms with Crippen LogP contribution in [0.5, 0.6) is 0 Å². The molecule has 9 heteroatoms. The van der Waals surface area contributed by atoms with Crippen LogP contribution in [0.1, 0.15) is 27.7 Å². The van der Waals surface area contributed by atoms with Crippen molar-refractivity contribution >= 4 is 0 Å². The minimum atomic E-state index is 0. The van der Waals surface area contributed by atoms with Gasteiger partial charge in [0.25, 0.3) is 0 Å². The summed E-state index contributed by atoms with van der Waals surface area (Å²) in [5, 5.41) is 0. The Hall–Kier alpha value is 5.67. The van der Waals surface area contributed by atoms with Crippen LogP contribution in [0.2, 0.25) is 0 Å². The molecule has 0 radical (unpaired) electrons. The van der Waals surface area contributed by atoms with Gasteiger partial charge in [0.05, 0.1) is 0 Å². The van der Waals surface area contributed by atoms with Gasteiger partial charge >= 0.3 is 32.4 Å². The standard InChI is InChI=1S/C10H16.9W/c1-8(2)6-7-10(5)9(3)4;;;;;;;;;/h5,7-9H,1-4H3;;;;;;;;;/q-2;;;;;;;;;. The Morgan fingerprint density at radius 2 is 1.11 bits per heavy atom. The van der Waals surface area contributed by atoms with Crippen molar-refractivity contribution in [2.24, 2.45) is 11.8 Å². The molecule has 0 heterocycles. The van der Waals surface area contributed by atoms with Gasteiger partial charge in [-0.05, 0) is 0 Å². The normalized spacial score (nSPS) is 6.42. The summed E-state index contributed by atoms with van der Waals surface area (Å²) in [5.41, 5.74) is 0.911. The van der Waals surface area contributed by atoms with Gasteiger partial charge in [-0.15, -0.1) is 11.8 Å². The molecule has 0 bridgehead atoms. The number of rotatable bonds is 3. The van der Waals surface area contributed by atoms with Crippen LogP contribution in [0.15, 0.2) is 11.6 Å². The predicted molar refractivity (Wildman–Crippen MR) is 45.3 cm³/mol. The van der Waals surface area contributed by atoms with E-state index in [-0.39, 0.29) is 147 Å². The van der Waals surface area contributed by atoms with Crippen LogP contribution in [0.4, 0.5) is 0 Å². The molecule has 0 saturated carbocycles. The molecule has 0 unspecified atom stereocenters. The topological polar surface area (TPSA) is 0 Å². The molecule has 0 N–H and O–H groups in total. The van der Waals surface area contributed by atoms with Crippen molar-refractivity contribution in [1.29, 1.82) is 0 Å². The molecule has 0 aromatic rings. The maximum absolute atomic E-state index is 5.66. The number of allylic oxidation sites excluding steroid dienone is 3. The number of hydrogen-bond donors (Lipinski definition) is 0. The van der Waals surface area contributed by atoms with Crippen molar-refractivity contribution in [1.82, 2.24) is 0 Å². The molecule has 0 atom stereocenters. The summed E-state index contributed by atoms with van der Waals surface area (Å²) in [4.78, 5) is 0. The van der Waals surface area contributed by atoms with Gasteiger partial charge in [0.1, 0.15) is 0 Å². The van der Waals surface area contributed by atoms with Crippen LogP contribution < -0.4 is 0 Å². The van der Waals surface area contributed by atoms with E-state index in [1.807, 2.05) is 6.08 Å². The molecule has 0 spiro atoms. The van der Waals surface area contributed by atoms with Gasteiger partial charge in [0.15, 0.2) is 0 Å². The Bertz CT molecular complexity index is 157. The Kier molecular flexibility index (Phi) is 130. The Balaban J connectivity index is -0.0000000151. The van der Waals surface area contributed by atoms with E-state index >= 15 is 0 Å². The molecule has 112 valence electrons. The van der Waals surface area contributed by atoms with E-state index in [4.69, 9.17) is 6.58 Å². The molecule has 0 aromatic carbocycles. The van der Waals surface area contributed by atoms with E-state index in [1.54, 1.807) is 32.4 Å². The van der Waals surface area contributed by atoms with E-state index in [2.05, 4.69) is 33.8 Å². The van der Waals surface area contributed by atoms with Crippen molar-refractivity contribution in [3.63, 3.8) is 0 Å². The minimum absolute atomic E-state index is 0. The van der Waals surface area contributed by atoms with Gasteiger partial charge in [-0.2, -0.15) is 0 Å². The fourth-order valence-electron chi connectivity index (χ4n) is 0.430. The summed E-state index contributed by atoms with van der Waals surface area (Å²) in [6.45, 7) is 14.0. The van der Waals surface area contributed by atoms with Crippen LogP contribution >= 0.6 is 0 Å². The zero-order valence-corrected chi connectivity index (χ0v) is 37.4. The molecule has 0 rings (SSSR count). The summed E-state index contributed by atoms with van der Waals surface area (Å²) in [6.07, 6.45) is 5.02. The molecule has 0 aliphatic carbocycles. The van der Waals surface area contributed by atoms with Crippen molar-refractivity contribution < 1.29 is 180 Å². The van der Waals surface area contributed by atoms with Gasteiger partial charge in [-0.3, -0.25) is 0 Å². The summed E-state index contributed by atoms with van der Waals surface area (Å²) >= 11 is 3.33. The number of hydrogen-bond acceptors (Lipinski definition) is 0. The van der Waals surface area contributed by atoms with E-state index in [0.717, 1.165) is 5.57 Å². The second-order valence-corrected chi connectivity index (χ2v) is 3.12. The summed E-state index contributed by atoms with van der Waals surface area (Å²) in [7, 11) is 0. The van der Waals surface area contributed by atoms with Crippen LogP contribution in [0.3, 0.4) is 0 Å². The van der Waals surface area contributed by atoms with E-state index < -0.39 is 0 Å². The molecule has 0 fully saturated rings. The molecule has 0 saturated heterocycles. The molecule has 19 heavy (non-hydrogen) atoms. The summed E-state index contributed by atoms with van der Waals surface area (Å²) in [5.74, 6) is 0.906. The molecular formula is C10H16W9-2. The third kappa shape index (κ3) is 51.6. The second-order valence-electron chi connectivity index (χ2n) is 3.12. The Morgan fingerprint density at radius 1 is 0.842 bits per heavy atom. The fraction of sp³-hybridized carbons (Fsp3) is 0.600. The Morgan fingerprint density at radius 3 is 1.26 bits per heavy atom. The summed E-state index contributed by atoms with van der Waals surface area (Å²) < 4.78 is 0. The van der Waals surface area contributed by atoms with Gasteiger partial charge < -0.3 is 24.3 Å². The maximum atomic E-state index is 5.66. The van der Waals surface area contributed by atoms with Gasteiger partial charge in [0.2, 0.25) is 0 Å². The van der Waals surface area contributed by atoms with Crippen LogP contribution in [0, 0.1) is 24.5 Å². The SMILES string of the molecule is [CH-]=C(C=[C-]C(C)C)C(C)C.[W].[W].[W].[W].[W].[W].[W].[W]=[W]. The molecule has 0 aliphatic rings. The fourth-order valence-corrected chi connectivity index (χ4v) is 0.430. The molecule has 0 amide bonds. The van der Waals surface area contributed by atoms with Gasteiger partial charge in [-0.25, -0.2) is 0 Å². The Labute approximate surface area is 238 Å². The summed E-state index contributed by atoms with van der Waals surface area (Å²) in [6, 6.07) is 0. The zero-order valence-electron chi connectivity index (χ0n) is 11.0. The third-order valence-corrected chi connectivity index (χ3v) is 1.25. The van der Waals surface area contributed by atoms with Crippen LogP contribution in [0.25, 0.3) is 0 Å².